The molecule has 368 valence electrons. The molecule has 0 spiro atoms. The van der Waals surface area contributed by atoms with Gasteiger partial charge < -0.3 is 10.1 Å². The van der Waals surface area contributed by atoms with Crippen LogP contribution >= 0.6 is 0 Å². The second-order valence-electron chi connectivity index (χ2n) is 23.1. The molecule has 1 N–H and O–H groups in total. The number of unbranched alkanes of at least 4 members (excludes halogenated alkanes) is 30. The molecule has 0 bridgehead atoms. The Bertz CT molecular complexity index is 1260. The van der Waals surface area contributed by atoms with Gasteiger partial charge in [0.2, 0.25) is 0 Å². The van der Waals surface area contributed by atoms with E-state index in [2.05, 4.69) is 92.8 Å². The topological polar surface area (TPSA) is 38.3 Å². The van der Waals surface area contributed by atoms with E-state index in [0.29, 0.717) is 11.8 Å². The molecule has 1 amide bonds. The quantitative estimate of drug-likeness (QED) is 0.0669. The molecule has 3 heteroatoms. The minimum absolute atomic E-state index is 0.111. The summed E-state index contributed by atoms with van der Waals surface area (Å²) in [4.78, 5) is 13.9. The van der Waals surface area contributed by atoms with Crippen molar-refractivity contribution < 1.29 is 9.53 Å². The third kappa shape index (κ3) is 23.7. The molecule has 1 fully saturated rings. The molecule has 0 heterocycles. The van der Waals surface area contributed by atoms with Crippen molar-refractivity contribution in [3.8, 4) is 5.75 Å². The monoisotopic (exact) mass is 878 g/mol. The molecule has 1 aromatic carbocycles. The van der Waals surface area contributed by atoms with Crippen LogP contribution in [-0.4, -0.2) is 12.1 Å². The Balaban J connectivity index is 1.90. The van der Waals surface area contributed by atoms with E-state index in [1.54, 1.807) is 0 Å². The average molecular weight is 879 g/mol. The van der Waals surface area contributed by atoms with Crippen LogP contribution in [0.5, 0.6) is 5.75 Å². The van der Waals surface area contributed by atoms with Crippen LogP contribution in [0.1, 0.15) is 305 Å². The molecule has 2 rings (SSSR count). The second-order valence-corrected chi connectivity index (χ2v) is 23.1. The predicted octanol–water partition coefficient (Wildman–Crippen LogP) is 20.3. The minimum Gasteiger partial charge on any atom is -0.410 e. The Kier molecular flexibility index (Phi) is 31.0. The minimum atomic E-state index is -0.261. The van der Waals surface area contributed by atoms with Crippen LogP contribution < -0.4 is 10.1 Å². The number of nitrogens with one attached hydrogen (secondary N) is 1. The van der Waals surface area contributed by atoms with Gasteiger partial charge in [0.05, 0.1) is 0 Å². The zero-order valence-corrected chi connectivity index (χ0v) is 44.4. The van der Waals surface area contributed by atoms with Gasteiger partial charge >= 0.3 is 6.09 Å². The molecule has 1 aromatic rings. The Morgan fingerprint density at radius 2 is 0.937 bits per heavy atom. The van der Waals surface area contributed by atoms with Crippen LogP contribution in [0.4, 0.5) is 4.79 Å². The predicted molar refractivity (Wildman–Crippen MR) is 279 cm³/mol. The zero-order chi connectivity index (χ0) is 46.2. The van der Waals surface area contributed by atoms with E-state index >= 15 is 0 Å². The van der Waals surface area contributed by atoms with Gasteiger partial charge in [0, 0.05) is 6.04 Å². The number of benzene rings is 1. The lowest BCUT2D eigenvalue weighted by Gasteiger charge is -2.59. The second kappa shape index (κ2) is 33.9. The molecule has 0 aromatic heterocycles. The van der Waals surface area contributed by atoms with E-state index in [4.69, 9.17) is 4.74 Å². The molecule has 2 atom stereocenters. The molecule has 3 nitrogen and oxygen atoms in total. The molecule has 0 aliphatic heterocycles. The van der Waals surface area contributed by atoms with Crippen molar-refractivity contribution in [2.45, 2.75) is 313 Å². The maximum absolute atomic E-state index is 13.9. The van der Waals surface area contributed by atoms with Crippen LogP contribution in [0.3, 0.4) is 0 Å². The fraction of sp³-hybridized carbons (Fsp3) is 0.883. The summed E-state index contributed by atoms with van der Waals surface area (Å²) in [7, 11) is 0. The Morgan fingerprint density at radius 3 is 1.32 bits per heavy atom. The van der Waals surface area contributed by atoms with Crippen molar-refractivity contribution in [1.29, 1.82) is 0 Å². The van der Waals surface area contributed by atoms with Gasteiger partial charge in [-0.05, 0) is 90.2 Å². The summed E-state index contributed by atoms with van der Waals surface area (Å²) in [6, 6.07) is 6.65. The van der Waals surface area contributed by atoms with Crippen LogP contribution in [-0.2, 0) is 12.8 Å². The highest BCUT2D eigenvalue weighted by Gasteiger charge is 2.54. The molecule has 1 aliphatic rings. The maximum atomic E-state index is 13.9. The first-order valence-corrected chi connectivity index (χ1v) is 28.4. The summed E-state index contributed by atoms with van der Waals surface area (Å²) in [6.45, 7) is 24.0. The third-order valence-electron chi connectivity index (χ3n) is 16.4. The van der Waals surface area contributed by atoms with Crippen molar-refractivity contribution in [1.82, 2.24) is 5.32 Å². The average Bonchev–Trinajstić information content (AvgIpc) is 3.22. The lowest BCUT2D eigenvalue weighted by Crippen LogP contribution is -2.55. The van der Waals surface area contributed by atoms with E-state index in [1.807, 2.05) is 0 Å². The van der Waals surface area contributed by atoms with E-state index < -0.39 is 0 Å². The fourth-order valence-electron chi connectivity index (χ4n) is 12.3. The highest BCUT2D eigenvalue weighted by molar-refractivity contribution is 5.71. The molecule has 2 unspecified atom stereocenters. The molecule has 0 radical (unpaired) electrons. The fourth-order valence-corrected chi connectivity index (χ4v) is 12.3. The van der Waals surface area contributed by atoms with Gasteiger partial charge in [-0.2, -0.15) is 0 Å². The Hall–Kier alpha value is -1.51. The van der Waals surface area contributed by atoms with Gasteiger partial charge in [-0.1, -0.05) is 274 Å². The van der Waals surface area contributed by atoms with Gasteiger partial charge in [-0.25, -0.2) is 4.79 Å². The lowest BCUT2D eigenvalue weighted by molar-refractivity contribution is -0.0881. The van der Waals surface area contributed by atoms with Crippen molar-refractivity contribution in [2.75, 3.05) is 0 Å². The number of hydrogen-bond donors (Lipinski definition) is 1. The summed E-state index contributed by atoms with van der Waals surface area (Å²) >= 11 is 0. The van der Waals surface area contributed by atoms with Crippen LogP contribution in [0, 0.1) is 28.1 Å². The van der Waals surface area contributed by atoms with Gasteiger partial charge in [-0.15, -0.1) is 0 Å². The van der Waals surface area contributed by atoms with Gasteiger partial charge in [0.25, 0.3) is 0 Å². The summed E-state index contributed by atoms with van der Waals surface area (Å²) < 4.78 is 6.37. The normalized spacial score (nSPS) is 17.8. The summed E-state index contributed by atoms with van der Waals surface area (Å²) in [6.07, 6.45) is 49.5. The molecule has 1 saturated carbocycles. The van der Waals surface area contributed by atoms with E-state index in [9.17, 15) is 4.79 Å². The van der Waals surface area contributed by atoms with Gasteiger partial charge in [0.1, 0.15) is 5.75 Å². The highest BCUT2D eigenvalue weighted by Crippen LogP contribution is 2.60. The first-order chi connectivity index (χ1) is 30.3. The molecular formula is C60H111NO2. The first-order valence-electron chi connectivity index (χ1n) is 28.4. The highest BCUT2D eigenvalue weighted by atomic mass is 16.6. The first kappa shape index (κ1) is 57.6. The SMILES string of the molecule is CCCCCCCCCCCCCCCCCCc1cccc(OC(=O)NC2CC(C)(C)CC(C)(C(C)(C(C)C)C(C)C)C2)c1CCCCCCCCCCCCCCCCCC. The zero-order valence-electron chi connectivity index (χ0n) is 44.4. The summed E-state index contributed by atoms with van der Waals surface area (Å²) in [5.41, 5.74) is 3.15. The van der Waals surface area contributed by atoms with Gasteiger partial charge in [-0.3, -0.25) is 0 Å². The lowest BCUT2D eigenvalue weighted by atomic mass is 9.47. The number of amides is 1. The summed E-state index contributed by atoms with van der Waals surface area (Å²) in [5, 5.41) is 3.44. The Morgan fingerprint density at radius 1 is 0.571 bits per heavy atom. The molecular weight excluding hydrogens is 767 g/mol. The standard InChI is InChI=1S/C60H111NO2/c1-11-13-15-17-19-21-23-25-27-29-31-33-35-37-39-41-44-53-45-43-47-56(55(53)46-42-40-38-36-34-32-30-28-26-24-22-20-18-16-14-12-2)63-57(62)61-54-48-58(7,8)50-59(9,49-54)60(10,51(3)4)52(5)6/h43,45,47,51-52,54H,11-42,44,46,48-50H2,1-10H3,(H,61,62). The number of carbonyl (C=O) groups excluding carboxylic acids is 1. The number of carbonyl (C=O) groups is 1. The molecule has 1 aliphatic carbocycles. The largest absolute Gasteiger partial charge is 0.412 e. The van der Waals surface area contributed by atoms with Crippen molar-refractivity contribution >= 4 is 6.09 Å². The van der Waals surface area contributed by atoms with E-state index in [-0.39, 0.29) is 28.4 Å². The maximum Gasteiger partial charge on any atom is 0.412 e. The van der Waals surface area contributed by atoms with Crippen LogP contribution in [0.2, 0.25) is 0 Å². The van der Waals surface area contributed by atoms with Crippen LogP contribution in [0.15, 0.2) is 18.2 Å². The number of aryl methyl sites for hydroxylation is 1. The summed E-state index contributed by atoms with van der Waals surface area (Å²) in [5.74, 6) is 1.93. The Labute approximate surface area is 395 Å². The molecule has 0 saturated heterocycles. The van der Waals surface area contributed by atoms with E-state index in [1.165, 1.54) is 223 Å². The molecule has 63 heavy (non-hydrogen) atoms. The van der Waals surface area contributed by atoms with Crippen LogP contribution in [0.25, 0.3) is 0 Å². The number of hydrogen-bond acceptors (Lipinski definition) is 2. The van der Waals surface area contributed by atoms with Crippen molar-refractivity contribution in [2.24, 2.45) is 28.1 Å². The van der Waals surface area contributed by atoms with E-state index in [0.717, 1.165) is 31.4 Å². The number of ether oxygens (including phenoxy) is 1. The van der Waals surface area contributed by atoms with Crippen molar-refractivity contribution in [3.63, 3.8) is 0 Å². The smallest absolute Gasteiger partial charge is 0.410 e. The van der Waals surface area contributed by atoms with Gasteiger partial charge in [0.15, 0.2) is 0 Å². The number of rotatable bonds is 39. The third-order valence-corrected chi connectivity index (χ3v) is 16.4. The van der Waals surface area contributed by atoms with Crippen molar-refractivity contribution in [3.05, 3.63) is 29.3 Å².